The smallest absolute Gasteiger partial charge is 0.136 e. The van der Waals surface area contributed by atoms with Crippen molar-refractivity contribution in [2.24, 2.45) is 5.84 Å². The number of nitrogens with two attached hydrogens (primary N) is 1. The van der Waals surface area contributed by atoms with E-state index in [4.69, 9.17) is 34.2 Å². The van der Waals surface area contributed by atoms with Crippen LogP contribution >= 0.6 is 23.2 Å². The molecule has 1 aromatic carbocycles. The van der Waals surface area contributed by atoms with Gasteiger partial charge in [-0.2, -0.15) is 0 Å². The van der Waals surface area contributed by atoms with E-state index in [0.717, 1.165) is 0 Å². The Morgan fingerprint density at radius 2 is 1.91 bits per heavy atom. The minimum Gasteiger partial charge on any atom is -0.506 e. The average molecular weight is 193 g/mol. The Kier molecular flexibility index (Phi) is 2.44. The predicted octanol–water partition coefficient (Wildman–Crippen LogP) is 1.98. The number of nitrogens with one attached hydrogen (secondary N) is 1. The molecule has 0 bridgehead atoms. The molecule has 1 rings (SSSR count). The summed E-state index contributed by atoms with van der Waals surface area (Å²) in [4.78, 5) is 0. The van der Waals surface area contributed by atoms with Gasteiger partial charge in [-0.1, -0.05) is 23.2 Å². The molecule has 0 aromatic heterocycles. The van der Waals surface area contributed by atoms with E-state index in [1.807, 2.05) is 0 Å². The Labute approximate surface area is 73.7 Å². The highest BCUT2D eigenvalue weighted by Gasteiger charge is 2.03. The number of nitrogen functional groups attached to an aromatic ring is 1. The molecule has 0 unspecified atom stereocenters. The average Bonchev–Trinajstić information content (AvgIpc) is 1.97. The van der Waals surface area contributed by atoms with Gasteiger partial charge >= 0.3 is 0 Å². The van der Waals surface area contributed by atoms with E-state index in [-0.39, 0.29) is 10.8 Å². The van der Waals surface area contributed by atoms with Gasteiger partial charge in [0.2, 0.25) is 0 Å². The first-order valence-electron chi connectivity index (χ1n) is 2.79. The van der Waals surface area contributed by atoms with Crippen LogP contribution < -0.4 is 11.3 Å². The monoisotopic (exact) mass is 192 g/mol. The van der Waals surface area contributed by atoms with Gasteiger partial charge in [0.25, 0.3) is 0 Å². The minimum absolute atomic E-state index is 0.0518. The summed E-state index contributed by atoms with van der Waals surface area (Å²) in [6.07, 6.45) is 0. The maximum Gasteiger partial charge on any atom is 0.136 e. The maximum absolute atomic E-state index is 9.07. The summed E-state index contributed by atoms with van der Waals surface area (Å²) in [5.41, 5.74) is 2.75. The zero-order chi connectivity index (χ0) is 8.43. The Balaban J connectivity index is 3.21. The third kappa shape index (κ3) is 1.68. The molecule has 0 spiro atoms. The van der Waals surface area contributed by atoms with Crippen molar-refractivity contribution in [3.63, 3.8) is 0 Å². The van der Waals surface area contributed by atoms with Crippen LogP contribution in [0.25, 0.3) is 0 Å². The van der Waals surface area contributed by atoms with Crippen LogP contribution in [0.2, 0.25) is 10.0 Å². The van der Waals surface area contributed by atoms with Crippen molar-refractivity contribution in [3.05, 3.63) is 22.2 Å². The van der Waals surface area contributed by atoms with Crippen LogP contribution in [-0.4, -0.2) is 5.11 Å². The number of phenolic OH excluding ortho intramolecular Hbond substituents is 1. The van der Waals surface area contributed by atoms with Crippen LogP contribution in [0.15, 0.2) is 12.1 Å². The molecule has 4 N–H and O–H groups in total. The maximum atomic E-state index is 9.07. The van der Waals surface area contributed by atoms with Crippen molar-refractivity contribution < 1.29 is 5.11 Å². The fraction of sp³-hybridized carbons (Fsp3) is 0. The lowest BCUT2D eigenvalue weighted by atomic mass is 10.3. The van der Waals surface area contributed by atoms with Gasteiger partial charge in [-0.15, -0.1) is 0 Å². The third-order valence-electron chi connectivity index (χ3n) is 1.19. The first kappa shape index (κ1) is 8.46. The van der Waals surface area contributed by atoms with Crippen molar-refractivity contribution >= 4 is 28.9 Å². The zero-order valence-electron chi connectivity index (χ0n) is 5.44. The first-order chi connectivity index (χ1) is 5.15. The first-order valence-corrected chi connectivity index (χ1v) is 3.55. The number of hydrogen-bond acceptors (Lipinski definition) is 3. The van der Waals surface area contributed by atoms with Crippen LogP contribution in [0.3, 0.4) is 0 Å². The number of anilines is 1. The normalized spacial score (nSPS) is 9.73. The SMILES string of the molecule is NNc1cc(O)c(Cl)cc1Cl. The lowest BCUT2D eigenvalue weighted by molar-refractivity contribution is 0.476. The van der Waals surface area contributed by atoms with Crippen LogP contribution in [-0.2, 0) is 0 Å². The summed E-state index contributed by atoms with van der Waals surface area (Å²) in [6, 6.07) is 2.76. The number of halogens is 2. The topological polar surface area (TPSA) is 58.3 Å². The fourth-order valence-corrected chi connectivity index (χ4v) is 1.09. The molecule has 5 heteroatoms. The van der Waals surface area contributed by atoms with Gasteiger partial charge in [0.05, 0.1) is 15.7 Å². The van der Waals surface area contributed by atoms with E-state index in [2.05, 4.69) is 5.43 Å². The van der Waals surface area contributed by atoms with E-state index < -0.39 is 0 Å². The van der Waals surface area contributed by atoms with E-state index in [1.54, 1.807) is 0 Å². The summed E-state index contributed by atoms with van der Waals surface area (Å²) in [5, 5.41) is 9.64. The molecule has 11 heavy (non-hydrogen) atoms. The molecule has 0 saturated carbocycles. The number of benzene rings is 1. The number of hydrogen-bond donors (Lipinski definition) is 3. The van der Waals surface area contributed by atoms with E-state index in [1.165, 1.54) is 12.1 Å². The van der Waals surface area contributed by atoms with Gasteiger partial charge < -0.3 is 10.5 Å². The molecule has 0 radical (unpaired) electrons. The van der Waals surface area contributed by atoms with Gasteiger partial charge in [0.1, 0.15) is 5.75 Å². The van der Waals surface area contributed by atoms with Gasteiger partial charge in [-0.05, 0) is 6.07 Å². The van der Waals surface area contributed by atoms with Crippen molar-refractivity contribution in [3.8, 4) is 5.75 Å². The second-order valence-electron chi connectivity index (χ2n) is 1.93. The lowest BCUT2D eigenvalue weighted by Crippen LogP contribution is -2.06. The number of rotatable bonds is 1. The van der Waals surface area contributed by atoms with E-state index >= 15 is 0 Å². The molecule has 60 valence electrons. The summed E-state index contributed by atoms with van der Waals surface area (Å²) in [5.74, 6) is 5.03. The number of hydrazine groups is 1. The van der Waals surface area contributed by atoms with E-state index in [0.29, 0.717) is 10.7 Å². The molecule has 3 nitrogen and oxygen atoms in total. The van der Waals surface area contributed by atoms with Crippen LogP contribution in [0.4, 0.5) is 5.69 Å². The molecule has 0 amide bonds. The highest BCUT2D eigenvalue weighted by Crippen LogP contribution is 2.32. The predicted molar refractivity (Wildman–Crippen MR) is 45.9 cm³/mol. The number of aromatic hydroxyl groups is 1. The van der Waals surface area contributed by atoms with Crippen molar-refractivity contribution in [1.29, 1.82) is 0 Å². The molecule has 1 aromatic rings. The van der Waals surface area contributed by atoms with Gasteiger partial charge in [0, 0.05) is 6.07 Å². The highest BCUT2D eigenvalue weighted by atomic mass is 35.5. The molecule has 0 saturated heterocycles. The second-order valence-corrected chi connectivity index (χ2v) is 2.74. The molecule has 0 fully saturated rings. The summed E-state index contributed by atoms with van der Waals surface area (Å²) in [6.45, 7) is 0. The molecule has 0 atom stereocenters. The van der Waals surface area contributed by atoms with Crippen molar-refractivity contribution in [1.82, 2.24) is 0 Å². The third-order valence-corrected chi connectivity index (χ3v) is 1.81. The summed E-state index contributed by atoms with van der Waals surface area (Å²) < 4.78 is 0. The Morgan fingerprint density at radius 3 is 2.45 bits per heavy atom. The zero-order valence-corrected chi connectivity index (χ0v) is 6.95. The van der Waals surface area contributed by atoms with Crippen LogP contribution in [0.5, 0.6) is 5.75 Å². The molecule has 0 aliphatic rings. The molecule has 0 aliphatic heterocycles. The van der Waals surface area contributed by atoms with Gasteiger partial charge in [0.15, 0.2) is 0 Å². The van der Waals surface area contributed by atoms with Crippen molar-refractivity contribution in [2.75, 3.05) is 5.43 Å². The number of phenols is 1. The lowest BCUT2D eigenvalue weighted by Gasteiger charge is -2.04. The molecule has 0 aliphatic carbocycles. The van der Waals surface area contributed by atoms with Crippen molar-refractivity contribution in [2.45, 2.75) is 0 Å². The Hall–Kier alpha value is -0.640. The van der Waals surface area contributed by atoms with Crippen LogP contribution in [0.1, 0.15) is 0 Å². The fourth-order valence-electron chi connectivity index (χ4n) is 0.648. The largest absolute Gasteiger partial charge is 0.506 e. The standard InChI is InChI=1S/C6H6Cl2N2O/c7-3-1-4(8)6(11)2-5(3)10-9/h1-2,10-11H,9H2. The molecule has 0 heterocycles. The minimum atomic E-state index is -0.0518. The second kappa shape index (κ2) is 3.17. The van der Waals surface area contributed by atoms with E-state index in [9.17, 15) is 0 Å². The highest BCUT2D eigenvalue weighted by molar-refractivity contribution is 6.37. The Morgan fingerprint density at radius 1 is 1.27 bits per heavy atom. The summed E-state index contributed by atoms with van der Waals surface area (Å²) in [7, 11) is 0. The summed E-state index contributed by atoms with van der Waals surface area (Å²) >= 11 is 11.2. The van der Waals surface area contributed by atoms with Crippen LogP contribution in [0, 0.1) is 0 Å². The molecular weight excluding hydrogens is 187 g/mol. The van der Waals surface area contributed by atoms with Gasteiger partial charge in [-0.25, -0.2) is 0 Å². The quantitative estimate of drug-likeness (QED) is 0.472. The van der Waals surface area contributed by atoms with Gasteiger partial charge in [-0.3, -0.25) is 5.84 Å². The molecular formula is C6H6Cl2N2O. The Bertz CT molecular complexity index is 278.